The summed E-state index contributed by atoms with van der Waals surface area (Å²) in [7, 11) is 0. The van der Waals surface area contributed by atoms with Crippen molar-refractivity contribution in [3.8, 4) is 0 Å². The lowest BCUT2D eigenvalue weighted by molar-refractivity contribution is -0.195. The monoisotopic (exact) mass is 603 g/mol. The third-order valence-corrected chi connectivity index (χ3v) is 8.38. The van der Waals surface area contributed by atoms with Gasteiger partial charge in [0.25, 0.3) is 0 Å². The van der Waals surface area contributed by atoms with Crippen LogP contribution in [0.5, 0.6) is 0 Å². The van der Waals surface area contributed by atoms with Crippen LogP contribution in [0, 0.1) is 32.5 Å². The number of hydrogen-bond acceptors (Lipinski definition) is 12. The van der Waals surface area contributed by atoms with Crippen molar-refractivity contribution in [1.82, 2.24) is 16.4 Å². The molecular formula is C30H57N3O9. The molecular weight excluding hydrogens is 546 g/mol. The number of carbonyl (C=O) groups is 3. The van der Waals surface area contributed by atoms with E-state index in [-0.39, 0.29) is 39.1 Å². The maximum Gasteiger partial charge on any atom is 0.330 e. The first-order valence-corrected chi connectivity index (χ1v) is 14.6. The molecule has 1 aliphatic rings. The maximum atomic E-state index is 13.6. The Hall–Kier alpha value is -1.83. The van der Waals surface area contributed by atoms with Crippen molar-refractivity contribution < 1.29 is 44.2 Å². The maximum absolute atomic E-state index is 13.6. The second-order valence-corrected chi connectivity index (χ2v) is 16.0. The molecule has 0 aromatic rings. The van der Waals surface area contributed by atoms with E-state index < -0.39 is 68.5 Å². The Kier molecular flexibility index (Phi) is 12.6. The number of carbonyl (C=O) groups excluding carboxylic acids is 3. The van der Waals surface area contributed by atoms with Crippen molar-refractivity contribution in [2.75, 3.05) is 19.8 Å². The van der Waals surface area contributed by atoms with E-state index in [1.165, 1.54) is 0 Å². The van der Waals surface area contributed by atoms with Crippen molar-refractivity contribution >= 4 is 17.9 Å². The fourth-order valence-electron chi connectivity index (χ4n) is 5.41. The molecule has 0 amide bonds. The lowest BCUT2D eigenvalue weighted by atomic mass is 9.54. The zero-order valence-electron chi connectivity index (χ0n) is 27.8. The first-order valence-electron chi connectivity index (χ1n) is 14.6. The number of hydroxylamine groups is 3. The summed E-state index contributed by atoms with van der Waals surface area (Å²) in [5.41, 5.74) is 2.68. The highest BCUT2D eigenvalue weighted by molar-refractivity contribution is 5.85. The molecule has 12 heteroatoms. The zero-order chi connectivity index (χ0) is 32.9. The predicted octanol–water partition coefficient (Wildman–Crippen LogP) is 2.55. The normalized spacial score (nSPS) is 27.5. The molecule has 0 aliphatic heterocycles. The van der Waals surface area contributed by atoms with Gasteiger partial charge in [-0.15, -0.1) is 16.4 Å². The van der Waals surface area contributed by atoms with Crippen LogP contribution in [0.25, 0.3) is 0 Å². The van der Waals surface area contributed by atoms with Gasteiger partial charge in [-0.1, -0.05) is 62.3 Å². The highest BCUT2D eigenvalue weighted by Gasteiger charge is 2.60. The summed E-state index contributed by atoms with van der Waals surface area (Å²) in [6.07, 6.45) is -0.00833. The lowest BCUT2D eigenvalue weighted by Gasteiger charge is -2.48. The smallest absolute Gasteiger partial charge is 0.330 e. The summed E-state index contributed by atoms with van der Waals surface area (Å²) < 4.78 is 0. The minimum atomic E-state index is -1.34. The predicted molar refractivity (Wildman–Crippen MR) is 157 cm³/mol. The van der Waals surface area contributed by atoms with Crippen molar-refractivity contribution in [3.05, 3.63) is 0 Å². The van der Waals surface area contributed by atoms with Crippen LogP contribution in [0.2, 0.25) is 0 Å². The third kappa shape index (κ3) is 9.85. The number of aliphatic hydroxyl groups excluding tert-OH is 3. The van der Waals surface area contributed by atoms with Crippen LogP contribution in [-0.4, -0.2) is 71.2 Å². The van der Waals surface area contributed by atoms with E-state index in [9.17, 15) is 29.7 Å². The van der Waals surface area contributed by atoms with Crippen molar-refractivity contribution in [2.45, 2.75) is 120 Å². The van der Waals surface area contributed by atoms with Crippen molar-refractivity contribution in [3.63, 3.8) is 0 Å². The second kappa shape index (κ2) is 13.9. The quantitative estimate of drug-likeness (QED) is 0.142. The van der Waals surface area contributed by atoms with Crippen LogP contribution in [0.1, 0.15) is 102 Å². The van der Waals surface area contributed by atoms with Gasteiger partial charge in [-0.05, 0) is 56.3 Å². The molecule has 0 bridgehead atoms. The van der Waals surface area contributed by atoms with Gasteiger partial charge in [0.05, 0.1) is 54.2 Å². The fourth-order valence-corrected chi connectivity index (χ4v) is 5.41. The number of rotatable bonds is 12. The van der Waals surface area contributed by atoms with E-state index in [0.29, 0.717) is 0 Å². The van der Waals surface area contributed by atoms with Gasteiger partial charge >= 0.3 is 17.9 Å². The Labute approximate surface area is 251 Å². The van der Waals surface area contributed by atoms with Gasteiger partial charge in [0, 0.05) is 0 Å². The summed E-state index contributed by atoms with van der Waals surface area (Å²) in [5.74, 6) is -2.10. The molecule has 0 spiro atoms. The standard InChI is InChI=1S/C30H57N3O9/c1-25(2,3)19(13-34)31-40-22(37)28(10)16-29(11,23(38)41-32-20(14-35)26(4,5)6)18-30(12,17-28)24(39)42-33-21(15-36)27(7,8)9/h19-21,31-36H,13-18H2,1-12H3/t19-,20-,21-,28?,29?,30?/m1/s1. The Morgan fingerprint density at radius 3 is 0.881 bits per heavy atom. The zero-order valence-corrected chi connectivity index (χ0v) is 27.8. The SMILES string of the molecule is CC1(C(=O)ON[C@H](CO)C(C)(C)C)CC(C)(C(=O)ON[C@H](CO)C(C)(C)C)CC(C)(C(=O)ON[C@H](CO)C(C)(C)C)C1. The van der Waals surface area contributed by atoms with Gasteiger partial charge in [-0.25, -0.2) is 14.4 Å². The number of nitrogens with one attached hydrogen (secondary N) is 3. The van der Waals surface area contributed by atoms with Gasteiger partial charge in [0.1, 0.15) is 0 Å². The molecule has 0 saturated heterocycles. The Morgan fingerprint density at radius 2 is 0.738 bits per heavy atom. The van der Waals surface area contributed by atoms with E-state index >= 15 is 0 Å². The Bertz CT molecular complexity index is 809. The van der Waals surface area contributed by atoms with Crippen molar-refractivity contribution in [1.29, 1.82) is 0 Å². The van der Waals surface area contributed by atoms with E-state index in [0.717, 1.165) is 0 Å². The van der Waals surface area contributed by atoms with E-state index in [2.05, 4.69) is 16.4 Å². The van der Waals surface area contributed by atoms with Gasteiger partial charge < -0.3 is 29.8 Å². The molecule has 246 valence electrons. The molecule has 1 fully saturated rings. The topological polar surface area (TPSA) is 176 Å². The second-order valence-electron chi connectivity index (χ2n) is 16.0. The molecule has 0 aromatic heterocycles. The fraction of sp³-hybridized carbons (Fsp3) is 0.900. The Balaban J connectivity index is 3.37. The van der Waals surface area contributed by atoms with Crippen molar-refractivity contribution in [2.24, 2.45) is 32.5 Å². The average Bonchev–Trinajstić information content (AvgIpc) is 2.81. The summed E-state index contributed by atoms with van der Waals surface area (Å²) in [6, 6.07) is -1.68. The summed E-state index contributed by atoms with van der Waals surface area (Å²) >= 11 is 0. The molecule has 1 aliphatic carbocycles. The lowest BCUT2D eigenvalue weighted by Crippen LogP contribution is -2.56. The summed E-state index contributed by atoms with van der Waals surface area (Å²) in [5, 5.41) is 29.4. The number of aliphatic hydroxyl groups is 3. The highest BCUT2D eigenvalue weighted by Crippen LogP contribution is 2.55. The molecule has 1 saturated carbocycles. The first-order chi connectivity index (χ1) is 18.9. The molecule has 0 heterocycles. The molecule has 3 atom stereocenters. The average molecular weight is 604 g/mol. The summed E-state index contributed by atoms with van der Waals surface area (Å²) in [4.78, 5) is 57.3. The number of hydrogen-bond donors (Lipinski definition) is 6. The van der Waals surface area contributed by atoms with Crippen LogP contribution in [0.3, 0.4) is 0 Å². The van der Waals surface area contributed by atoms with Gasteiger partial charge in [0.15, 0.2) is 0 Å². The molecule has 6 N–H and O–H groups in total. The largest absolute Gasteiger partial charge is 0.395 e. The van der Waals surface area contributed by atoms with Gasteiger partial charge in [0.2, 0.25) is 0 Å². The van der Waals surface area contributed by atoms with Crippen LogP contribution in [-0.2, 0) is 28.9 Å². The first kappa shape index (κ1) is 38.2. The summed E-state index contributed by atoms with van der Waals surface area (Å²) in [6.45, 7) is 21.0. The van der Waals surface area contributed by atoms with E-state index in [4.69, 9.17) is 14.5 Å². The van der Waals surface area contributed by atoms with Crippen LogP contribution in [0.15, 0.2) is 0 Å². The highest BCUT2D eigenvalue weighted by atomic mass is 16.7. The Morgan fingerprint density at radius 1 is 0.548 bits per heavy atom. The van der Waals surface area contributed by atoms with Crippen LogP contribution >= 0.6 is 0 Å². The molecule has 1 rings (SSSR count). The van der Waals surface area contributed by atoms with Crippen LogP contribution < -0.4 is 16.4 Å². The molecule has 0 unspecified atom stereocenters. The van der Waals surface area contributed by atoms with E-state index in [1.54, 1.807) is 20.8 Å². The molecule has 0 aromatic carbocycles. The minimum Gasteiger partial charge on any atom is -0.395 e. The van der Waals surface area contributed by atoms with Gasteiger partial charge in [-0.3, -0.25) is 0 Å². The van der Waals surface area contributed by atoms with Gasteiger partial charge in [-0.2, -0.15) is 0 Å². The third-order valence-electron chi connectivity index (χ3n) is 8.38. The minimum absolute atomic E-state index is 0.00278. The molecule has 12 nitrogen and oxygen atoms in total. The molecule has 42 heavy (non-hydrogen) atoms. The van der Waals surface area contributed by atoms with Crippen LogP contribution in [0.4, 0.5) is 0 Å². The van der Waals surface area contributed by atoms with E-state index in [1.807, 2.05) is 62.3 Å². The molecule has 0 radical (unpaired) electrons.